The van der Waals surface area contributed by atoms with Gasteiger partial charge in [-0.05, 0) is 43.5 Å². The Morgan fingerprint density at radius 2 is 1.72 bits per heavy atom. The number of para-hydroxylation sites is 2. The molecule has 2 aromatic rings. The molecule has 1 aliphatic heterocycles. The number of nitrogens with zero attached hydrogens (tertiary/aromatic N) is 1. The molecule has 0 radical (unpaired) electrons. The van der Waals surface area contributed by atoms with Crippen molar-refractivity contribution in [2.45, 2.75) is 32.2 Å². The van der Waals surface area contributed by atoms with E-state index in [0.29, 0.717) is 23.6 Å². The van der Waals surface area contributed by atoms with Crippen molar-refractivity contribution in [3.8, 4) is 11.5 Å². The summed E-state index contributed by atoms with van der Waals surface area (Å²) in [5, 5.41) is 6.03. The molecule has 0 aliphatic carbocycles. The zero-order chi connectivity index (χ0) is 20.5. The average Bonchev–Trinajstić information content (AvgIpc) is 2.75. The number of likely N-dealkylation sites (tertiary alicyclic amines) is 1. The second kappa shape index (κ2) is 10.6. The third-order valence-corrected chi connectivity index (χ3v) is 4.96. The van der Waals surface area contributed by atoms with Gasteiger partial charge in [0.2, 0.25) is 5.91 Å². The van der Waals surface area contributed by atoms with Crippen LogP contribution in [0.2, 0.25) is 0 Å². The van der Waals surface area contributed by atoms with Crippen LogP contribution in [0.1, 0.15) is 36.5 Å². The fourth-order valence-electron chi connectivity index (χ4n) is 3.38. The van der Waals surface area contributed by atoms with Crippen LogP contribution in [0.15, 0.2) is 54.6 Å². The first-order chi connectivity index (χ1) is 14.2. The molecule has 2 amide bonds. The molecule has 29 heavy (non-hydrogen) atoms. The molecule has 3 rings (SSSR count). The van der Waals surface area contributed by atoms with Gasteiger partial charge in [-0.3, -0.25) is 14.5 Å². The van der Waals surface area contributed by atoms with E-state index in [1.54, 1.807) is 12.1 Å². The molecule has 6 nitrogen and oxygen atoms in total. The van der Waals surface area contributed by atoms with Crippen LogP contribution in [-0.4, -0.2) is 48.9 Å². The standard InChI is InChI=1S/C23H29N3O3/c1-2-14-24-22(27)17-26-15-12-18(13-16-26)25-23(28)20-10-6-7-11-21(20)29-19-8-4-3-5-9-19/h3-11,18H,2,12-17H2,1H3,(H,24,27)(H,25,28). The quantitative estimate of drug-likeness (QED) is 0.720. The lowest BCUT2D eigenvalue weighted by atomic mass is 10.0. The number of amides is 2. The molecule has 1 saturated heterocycles. The fraction of sp³-hybridized carbons (Fsp3) is 0.391. The van der Waals surface area contributed by atoms with Crippen molar-refractivity contribution < 1.29 is 14.3 Å². The average molecular weight is 396 g/mol. The van der Waals surface area contributed by atoms with Gasteiger partial charge in [-0.15, -0.1) is 0 Å². The minimum Gasteiger partial charge on any atom is -0.457 e. The molecule has 2 aromatic carbocycles. The van der Waals surface area contributed by atoms with E-state index in [1.165, 1.54) is 0 Å². The molecule has 0 aromatic heterocycles. The van der Waals surface area contributed by atoms with Crippen LogP contribution in [0.4, 0.5) is 0 Å². The Morgan fingerprint density at radius 1 is 1.03 bits per heavy atom. The van der Waals surface area contributed by atoms with Gasteiger partial charge in [0.15, 0.2) is 0 Å². The van der Waals surface area contributed by atoms with Crippen molar-refractivity contribution in [1.29, 1.82) is 0 Å². The van der Waals surface area contributed by atoms with E-state index in [-0.39, 0.29) is 17.9 Å². The van der Waals surface area contributed by atoms with Crippen molar-refractivity contribution in [1.82, 2.24) is 15.5 Å². The van der Waals surface area contributed by atoms with Gasteiger partial charge in [0.1, 0.15) is 11.5 Å². The Balaban J connectivity index is 1.52. The molecule has 0 saturated carbocycles. The lowest BCUT2D eigenvalue weighted by Gasteiger charge is -2.32. The highest BCUT2D eigenvalue weighted by atomic mass is 16.5. The van der Waals surface area contributed by atoms with Crippen LogP contribution < -0.4 is 15.4 Å². The third-order valence-electron chi connectivity index (χ3n) is 4.96. The smallest absolute Gasteiger partial charge is 0.255 e. The third kappa shape index (κ3) is 6.32. The Labute approximate surface area is 172 Å². The van der Waals surface area contributed by atoms with E-state index in [1.807, 2.05) is 49.4 Å². The van der Waals surface area contributed by atoms with Gasteiger partial charge >= 0.3 is 0 Å². The van der Waals surface area contributed by atoms with Gasteiger partial charge in [-0.2, -0.15) is 0 Å². The zero-order valence-electron chi connectivity index (χ0n) is 16.9. The van der Waals surface area contributed by atoms with Crippen molar-refractivity contribution >= 4 is 11.8 Å². The summed E-state index contributed by atoms with van der Waals surface area (Å²) in [5.74, 6) is 1.18. The number of piperidine rings is 1. The summed E-state index contributed by atoms with van der Waals surface area (Å²) in [5.41, 5.74) is 0.526. The number of ether oxygens (including phenoxy) is 1. The van der Waals surface area contributed by atoms with Gasteiger partial charge in [0.25, 0.3) is 5.91 Å². The fourth-order valence-corrected chi connectivity index (χ4v) is 3.38. The largest absolute Gasteiger partial charge is 0.457 e. The van der Waals surface area contributed by atoms with Gasteiger partial charge in [0, 0.05) is 25.7 Å². The maximum absolute atomic E-state index is 12.8. The Bertz CT molecular complexity index is 802. The topological polar surface area (TPSA) is 70.7 Å². The highest BCUT2D eigenvalue weighted by Gasteiger charge is 2.23. The predicted molar refractivity (Wildman–Crippen MR) is 113 cm³/mol. The summed E-state index contributed by atoms with van der Waals surface area (Å²) in [6, 6.07) is 16.8. The number of hydrogen-bond acceptors (Lipinski definition) is 4. The number of carbonyl (C=O) groups excluding carboxylic acids is 2. The second-order valence-electron chi connectivity index (χ2n) is 7.29. The van der Waals surface area contributed by atoms with Crippen LogP contribution in [0.3, 0.4) is 0 Å². The Hall–Kier alpha value is -2.86. The minimum atomic E-state index is -0.129. The molecule has 0 unspecified atom stereocenters. The van der Waals surface area contributed by atoms with Crippen molar-refractivity contribution in [3.63, 3.8) is 0 Å². The molecule has 0 spiro atoms. The van der Waals surface area contributed by atoms with E-state index in [4.69, 9.17) is 4.74 Å². The first kappa shape index (κ1) is 20.9. The number of hydrogen-bond donors (Lipinski definition) is 2. The molecule has 1 fully saturated rings. The van der Waals surface area contributed by atoms with Crippen LogP contribution in [0, 0.1) is 0 Å². The van der Waals surface area contributed by atoms with E-state index in [2.05, 4.69) is 15.5 Å². The molecule has 1 heterocycles. The summed E-state index contributed by atoms with van der Waals surface area (Å²) in [4.78, 5) is 26.8. The van der Waals surface area contributed by atoms with Crippen molar-refractivity contribution in [2.24, 2.45) is 0 Å². The van der Waals surface area contributed by atoms with E-state index < -0.39 is 0 Å². The monoisotopic (exact) mass is 395 g/mol. The Kier molecular flexibility index (Phi) is 7.64. The number of rotatable bonds is 8. The molecule has 6 heteroatoms. The normalized spacial score (nSPS) is 14.9. The van der Waals surface area contributed by atoms with Gasteiger partial charge in [-0.25, -0.2) is 0 Å². The van der Waals surface area contributed by atoms with Crippen molar-refractivity contribution in [3.05, 3.63) is 60.2 Å². The summed E-state index contributed by atoms with van der Waals surface area (Å²) < 4.78 is 5.90. The summed E-state index contributed by atoms with van der Waals surface area (Å²) in [7, 11) is 0. The SMILES string of the molecule is CCCNC(=O)CN1CCC(NC(=O)c2ccccc2Oc2ccccc2)CC1. The van der Waals surface area contributed by atoms with Crippen LogP contribution >= 0.6 is 0 Å². The maximum atomic E-state index is 12.8. The second-order valence-corrected chi connectivity index (χ2v) is 7.29. The maximum Gasteiger partial charge on any atom is 0.255 e. The summed E-state index contributed by atoms with van der Waals surface area (Å²) >= 11 is 0. The first-order valence-electron chi connectivity index (χ1n) is 10.3. The summed E-state index contributed by atoms with van der Waals surface area (Å²) in [6.07, 6.45) is 2.60. The van der Waals surface area contributed by atoms with E-state index >= 15 is 0 Å². The molecule has 0 bridgehead atoms. The molecular weight excluding hydrogens is 366 g/mol. The minimum absolute atomic E-state index is 0.0707. The molecular formula is C23H29N3O3. The molecule has 0 atom stereocenters. The highest BCUT2D eigenvalue weighted by molar-refractivity contribution is 5.97. The zero-order valence-corrected chi connectivity index (χ0v) is 16.9. The van der Waals surface area contributed by atoms with Crippen LogP contribution in [-0.2, 0) is 4.79 Å². The molecule has 1 aliphatic rings. The number of nitrogens with one attached hydrogen (secondary N) is 2. The summed E-state index contributed by atoms with van der Waals surface area (Å²) in [6.45, 7) is 4.78. The predicted octanol–water partition coefficient (Wildman–Crippen LogP) is 3.20. The van der Waals surface area contributed by atoms with Crippen LogP contribution in [0.25, 0.3) is 0 Å². The lowest BCUT2D eigenvalue weighted by Crippen LogP contribution is -2.47. The first-order valence-corrected chi connectivity index (χ1v) is 10.3. The van der Waals surface area contributed by atoms with Gasteiger partial charge in [-0.1, -0.05) is 37.3 Å². The van der Waals surface area contributed by atoms with Crippen molar-refractivity contribution in [2.75, 3.05) is 26.2 Å². The lowest BCUT2D eigenvalue weighted by molar-refractivity contribution is -0.122. The highest BCUT2D eigenvalue weighted by Crippen LogP contribution is 2.25. The molecule has 154 valence electrons. The van der Waals surface area contributed by atoms with Gasteiger partial charge in [0.05, 0.1) is 12.1 Å². The van der Waals surface area contributed by atoms with E-state index in [0.717, 1.165) is 38.9 Å². The molecule has 2 N–H and O–H groups in total. The Morgan fingerprint density at radius 3 is 2.45 bits per heavy atom. The van der Waals surface area contributed by atoms with Crippen LogP contribution in [0.5, 0.6) is 11.5 Å². The number of carbonyl (C=O) groups is 2. The van der Waals surface area contributed by atoms with Gasteiger partial charge < -0.3 is 15.4 Å². The number of benzene rings is 2. The van der Waals surface area contributed by atoms with E-state index in [9.17, 15) is 9.59 Å².